The molecule has 0 saturated heterocycles. The predicted octanol–water partition coefficient (Wildman–Crippen LogP) is 2.24. The van der Waals surface area contributed by atoms with Crippen LogP contribution >= 0.6 is 0 Å². The van der Waals surface area contributed by atoms with Crippen molar-refractivity contribution in [2.45, 2.75) is 58.8 Å². The van der Waals surface area contributed by atoms with E-state index in [1.807, 2.05) is 20.8 Å². The average molecular weight is 250 g/mol. The number of rotatable bonds is 7. The molecule has 4 heteroatoms. The van der Waals surface area contributed by atoms with Gasteiger partial charge in [0, 0.05) is 5.92 Å². The summed E-state index contributed by atoms with van der Waals surface area (Å²) in [6.07, 6.45) is 1.06. The van der Waals surface area contributed by atoms with Gasteiger partial charge in [0.05, 0.1) is 17.1 Å². The summed E-state index contributed by atoms with van der Waals surface area (Å²) < 4.78 is 23.7. The lowest BCUT2D eigenvalue weighted by Crippen LogP contribution is -2.34. The molecule has 98 valence electrons. The van der Waals surface area contributed by atoms with Crippen LogP contribution in [0, 0.1) is 11.8 Å². The summed E-state index contributed by atoms with van der Waals surface area (Å²) in [5.74, 6) is 0.145. The fourth-order valence-electron chi connectivity index (χ4n) is 1.72. The summed E-state index contributed by atoms with van der Waals surface area (Å²) in [4.78, 5) is 0. The van der Waals surface area contributed by atoms with Crippen LogP contribution in [-0.4, -0.2) is 30.6 Å². The van der Waals surface area contributed by atoms with Gasteiger partial charge in [-0.1, -0.05) is 27.2 Å². The molecular weight excluding hydrogens is 224 g/mol. The molecule has 16 heavy (non-hydrogen) atoms. The third kappa shape index (κ3) is 4.83. The molecule has 0 aromatic carbocycles. The summed E-state index contributed by atoms with van der Waals surface area (Å²) in [7, 11) is -3.07. The first kappa shape index (κ1) is 15.9. The Labute approximate surface area is 100 Å². The molecule has 2 unspecified atom stereocenters. The highest BCUT2D eigenvalue weighted by Crippen LogP contribution is 2.22. The topological polar surface area (TPSA) is 54.4 Å². The molecule has 0 saturated carbocycles. The molecule has 0 aliphatic rings. The number of hydrogen-bond acceptors (Lipinski definition) is 3. The average Bonchev–Trinajstić information content (AvgIpc) is 2.13. The van der Waals surface area contributed by atoms with Crippen molar-refractivity contribution >= 4 is 9.84 Å². The first-order valence-corrected chi connectivity index (χ1v) is 7.83. The number of aliphatic hydroxyl groups excluding tert-OH is 1. The van der Waals surface area contributed by atoms with E-state index in [1.54, 1.807) is 13.8 Å². The fourth-order valence-corrected chi connectivity index (χ4v) is 3.25. The van der Waals surface area contributed by atoms with Crippen LogP contribution in [0.25, 0.3) is 0 Å². The van der Waals surface area contributed by atoms with Gasteiger partial charge in [0.2, 0.25) is 0 Å². The number of hydrogen-bond donors (Lipinski definition) is 1. The maximum Gasteiger partial charge on any atom is 0.153 e. The molecule has 0 fully saturated rings. The van der Waals surface area contributed by atoms with Crippen LogP contribution in [-0.2, 0) is 9.84 Å². The van der Waals surface area contributed by atoms with Crippen molar-refractivity contribution < 1.29 is 13.5 Å². The second kappa shape index (κ2) is 6.60. The van der Waals surface area contributed by atoms with Crippen molar-refractivity contribution in [1.82, 2.24) is 0 Å². The summed E-state index contributed by atoms with van der Waals surface area (Å²) in [6.45, 7) is 9.33. The monoisotopic (exact) mass is 250 g/mol. The van der Waals surface area contributed by atoms with Crippen molar-refractivity contribution in [1.29, 1.82) is 0 Å². The van der Waals surface area contributed by atoms with Crippen molar-refractivity contribution in [2.75, 3.05) is 5.75 Å². The lowest BCUT2D eigenvalue weighted by molar-refractivity contribution is 0.0847. The number of aliphatic hydroxyl groups is 1. The molecule has 0 radical (unpaired) electrons. The first-order chi connectivity index (χ1) is 7.22. The van der Waals surface area contributed by atoms with Crippen LogP contribution in [0.5, 0.6) is 0 Å². The van der Waals surface area contributed by atoms with Gasteiger partial charge in [0.15, 0.2) is 9.84 Å². The minimum Gasteiger partial charge on any atom is -0.393 e. The van der Waals surface area contributed by atoms with Gasteiger partial charge in [0.25, 0.3) is 0 Å². The Morgan fingerprint density at radius 3 is 1.94 bits per heavy atom. The van der Waals surface area contributed by atoms with E-state index in [9.17, 15) is 13.5 Å². The quantitative estimate of drug-likeness (QED) is 0.754. The van der Waals surface area contributed by atoms with Crippen molar-refractivity contribution in [3.8, 4) is 0 Å². The second-order valence-electron chi connectivity index (χ2n) is 5.14. The van der Waals surface area contributed by atoms with Gasteiger partial charge >= 0.3 is 0 Å². The molecule has 0 heterocycles. The summed E-state index contributed by atoms with van der Waals surface area (Å²) in [6, 6.07) is 0. The molecule has 0 aliphatic carbocycles. The van der Waals surface area contributed by atoms with E-state index in [0.717, 1.165) is 6.42 Å². The van der Waals surface area contributed by atoms with Crippen molar-refractivity contribution in [2.24, 2.45) is 11.8 Å². The van der Waals surface area contributed by atoms with E-state index in [2.05, 4.69) is 0 Å². The zero-order chi connectivity index (χ0) is 12.9. The third-order valence-corrected chi connectivity index (χ3v) is 5.36. The lowest BCUT2D eigenvalue weighted by Gasteiger charge is -2.26. The van der Waals surface area contributed by atoms with E-state index in [1.165, 1.54) is 0 Å². The molecule has 0 aromatic heterocycles. The van der Waals surface area contributed by atoms with Crippen LogP contribution in [0.1, 0.15) is 47.5 Å². The first-order valence-electron chi connectivity index (χ1n) is 6.12. The zero-order valence-corrected chi connectivity index (χ0v) is 11.9. The Morgan fingerprint density at radius 2 is 1.62 bits per heavy atom. The van der Waals surface area contributed by atoms with Gasteiger partial charge in [0.1, 0.15) is 0 Å². The van der Waals surface area contributed by atoms with E-state index < -0.39 is 15.9 Å². The highest BCUT2D eigenvalue weighted by atomic mass is 32.2. The van der Waals surface area contributed by atoms with Crippen LogP contribution in [0.4, 0.5) is 0 Å². The maximum atomic E-state index is 11.8. The van der Waals surface area contributed by atoms with Crippen LogP contribution in [0.3, 0.4) is 0 Å². The van der Waals surface area contributed by atoms with Gasteiger partial charge in [-0.3, -0.25) is 0 Å². The Morgan fingerprint density at radius 1 is 1.12 bits per heavy atom. The molecule has 3 nitrogen and oxygen atoms in total. The van der Waals surface area contributed by atoms with Crippen molar-refractivity contribution in [3.05, 3.63) is 0 Å². The maximum absolute atomic E-state index is 11.8. The van der Waals surface area contributed by atoms with Gasteiger partial charge in [-0.25, -0.2) is 8.42 Å². The molecule has 0 spiro atoms. The van der Waals surface area contributed by atoms with Crippen LogP contribution < -0.4 is 0 Å². The molecule has 0 amide bonds. The smallest absolute Gasteiger partial charge is 0.153 e. The van der Waals surface area contributed by atoms with Crippen LogP contribution in [0.2, 0.25) is 0 Å². The molecule has 1 N–H and O–H groups in total. The standard InChI is InChI=1S/C12H26O3S/c1-6-7-12(13)11(9(2)3)8-16(14,15)10(4)5/h9-13H,6-8H2,1-5H3. The summed E-state index contributed by atoms with van der Waals surface area (Å²) in [5.41, 5.74) is 0. The Kier molecular flexibility index (Phi) is 6.56. The summed E-state index contributed by atoms with van der Waals surface area (Å²) in [5, 5.41) is 9.60. The van der Waals surface area contributed by atoms with E-state index in [0.29, 0.717) is 6.42 Å². The Hall–Kier alpha value is -0.0900. The minimum absolute atomic E-state index is 0.101. The lowest BCUT2D eigenvalue weighted by atomic mass is 9.90. The summed E-state index contributed by atoms with van der Waals surface area (Å²) >= 11 is 0. The van der Waals surface area contributed by atoms with Gasteiger partial charge in [-0.05, 0) is 26.2 Å². The molecule has 0 bridgehead atoms. The zero-order valence-electron chi connectivity index (χ0n) is 11.1. The van der Waals surface area contributed by atoms with E-state index in [4.69, 9.17) is 0 Å². The molecule has 0 aromatic rings. The molecule has 0 rings (SSSR count). The van der Waals surface area contributed by atoms with Crippen molar-refractivity contribution in [3.63, 3.8) is 0 Å². The third-order valence-electron chi connectivity index (χ3n) is 3.08. The Bertz CT molecular complexity index is 281. The highest BCUT2D eigenvalue weighted by Gasteiger charge is 2.29. The van der Waals surface area contributed by atoms with E-state index >= 15 is 0 Å². The molecular formula is C12H26O3S. The van der Waals surface area contributed by atoms with Gasteiger partial charge in [-0.15, -0.1) is 0 Å². The molecule has 2 atom stereocenters. The number of sulfone groups is 1. The minimum atomic E-state index is -3.07. The SMILES string of the molecule is CCCC(O)C(CS(=O)(=O)C(C)C)C(C)C. The predicted molar refractivity (Wildman–Crippen MR) is 68.2 cm³/mol. The normalized spacial score (nSPS) is 16.8. The van der Waals surface area contributed by atoms with Crippen LogP contribution in [0.15, 0.2) is 0 Å². The Balaban J connectivity index is 4.70. The largest absolute Gasteiger partial charge is 0.393 e. The second-order valence-corrected chi connectivity index (χ2v) is 7.74. The molecule has 0 aliphatic heterocycles. The van der Waals surface area contributed by atoms with Gasteiger partial charge in [-0.2, -0.15) is 0 Å². The van der Waals surface area contributed by atoms with Gasteiger partial charge < -0.3 is 5.11 Å². The fraction of sp³-hybridized carbons (Fsp3) is 1.00. The van der Waals surface area contributed by atoms with E-state index in [-0.39, 0.29) is 22.8 Å². The highest BCUT2D eigenvalue weighted by molar-refractivity contribution is 7.91.